The molecule has 1 N–H and O–H groups in total. The highest BCUT2D eigenvalue weighted by Crippen LogP contribution is 2.53. The molecule has 0 spiro atoms. The van der Waals surface area contributed by atoms with E-state index in [1.165, 1.54) is 12.3 Å². The van der Waals surface area contributed by atoms with Gasteiger partial charge in [0.25, 0.3) is 0 Å². The van der Waals surface area contributed by atoms with E-state index in [1.807, 2.05) is 11.8 Å². The summed E-state index contributed by atoms with van der Waals surface area (Å²) >= 11 is 1.97. The highest BCUT2D eigenvalue weighted by molar-refractivity contribution is 7.98. The summed E-state index contributed by atoms with van der Waals surface area (Å²) in [7, 11) is 0. The number of nitrogens with one attached hydrogen (secondary N) is 1. The molecule has 0 unspecified atom stereocenters. The normalized spacial score (nSPS) is 47.4. The summed E-state index contributed by atoms with van der Waals surface area (Å²) in [6.07, 6.45) is 9.96. The third-order valence-electron chi connectivity index (χ3n) is 4.91. The zero-order chi connectivity index (χ0) is 10.3. The van der Waals surface area contributed by atoms with Crippen molar-refractivity contribution in [3.05, 3.63) is 0 Å². The average Bonchev–Trinajstić information content (AvgIpc) is 2.21. The molecule has 4 rings (SSSR count). The van der Waals surface area contributed by atoms with Gasteiger partial charge < -0.3 is 5.32 Å². The minimum atomic E-state index is 0.893. The Kier molecular flexibility index (Phi) is 2.99. The second-order valence-corrected chi connectivity index (χ2v) is 6.89. The van der Waals surface area contributed by atoms with Crippen LogP contribution in [0.5, 0.6) is 0 Å². The molecular weight excluding hydrogens is 202 g/mol. The zero-order valence-corrected chi connectivity index (χ0v) is 10.6. The largest absolute Gasteiger partial charge is 0.313 e. The summed E-state index contributed by atoms with van der Waals surface area (Å²) in [6.45, 7) is 1.23. The van der Waals surface area contributed by atoms with Crippen LogP contribution in [0.4, 0.5) is 0 Å². The first kappa shape index (κ1) is 10.5. The lowest BCUT2D eigenvalue weighted by Gasteiger charge is -2.54. The molecule has 4 aliphatic carbocycles. The van der Waals surface area contributed by atoms with E-state index in [4.69, 9.17) is 0 Å². The Labute approximate surface area is 97.8 Å². The van der Waals surface area contributed by atoms with Crippen molar-refractivity contribution in [1.82, 2.24) is 5.32 Å². The third kappa shape index (κ3) is 1.95. The molecule has 0 heterocycles. The highest BCUT2D eigenvalue weighted by atomic mass is 32.2. The molecule has 0 aromatic rings. The first-order chi connectivity index (χ1) is 7.36. The molecule has 0 aromatic heterocycles. The fraction of sp³-hybridized carbons (Fsp3) is 1.00. The molecule has 4 fully saturated rings. The van der Waals surface area contributed by atoms with Crippen LogP contribution in [0.3, 0.4) is 0 Å². The van der Waals surface area contributed by atoms with Gasteiger partial charge in [0.1, 0.15) is 0 Å². The quantitative estimate of drug-likeness (QED) is 0.738. The Hall–Kier alpha value is 0.310. The maximum Gasteiger partial charge on any atom is 0.0124 e. The van der Waals surface area contributed by atoms with Crippen molar-refractivity contribution < 1.29 is 0 Å². The first-order valence-electron chi connectivity index (χ1n) is 6.59. The van der Waals surface area contributed by atoms with Crippen LogP contribution in [-0.4, -0.2) is 24.6 Å². The van der Waals surface area contributed by atoms with Gasteiger partial charge in [0.05, 0.1) is 0 Å². The van der Waals surface area contributed by atoms with Gasteiger partial charge in [-0.05, 0) is 62.0 Å². The van der Waals surface area contributed by atoms with Gasteiger partial charge in [0.2, 0.25) is 0 Å². The van der Waals surface area contributed by atoms with E-state index >= 15 is 0 Å². The van der Waals surface area contributed by atoms with Gasteiger partial charge in [-0.2, -0.15) is 11.8 Å². The molecule has 86 valence electrons. The first-order valence-corrected chi connectivity index (χ1v) is 7.98. The molecule has 1 nitrogen and oxygen atoms in total. The summed E-state index contributed by atoms with van der Waals surface area (Å²) in [5, 5.41) is 3.84. The minimum Gasteiger partial charge on any atom is -0.313 e. The molecule has 0 amide bonds. The molecule has 0 aromatic carbocycles. The zero-order valence-electron chi connectivity index (χ0n) is 9.74. The average molecular weight is 225 g/mol. The fourth-order valence-corrected chi connectivity index (χ4v) is 4.91. The van der Waals surface area contributed by atoms with Gasteiger partial charge in [-0.25, -0.2) is 0 Å². The predicted octanol–water partition coefficient (Wildman–Crippen LogP) is 2.76. The number of hydrogen-bond donors (Lipinski definition) is 1. The SMILES string of the molecule is CSCCNC1C2CC3CC(C2)CC1C3. The van der Waals surface area contributed by atoms with Crippen LogP contribution in [0.15, 0.2) is 0 Å². The Morgan fingerprint density at radius 3 is 2.13 bits per heavy atom. The van der Waals surface area contributed by atoms with Gasteiger partial charge in [0.15, 0.2) is 0 Å². The molecule has 0 saturated heterocycles. The van der Waals surface area contributed by atoms with Crippen molar-refractivity contribution in [3.63, 3.8) is 0 Å². The van der Waals surface area contributed by atoms with Gasteiger partial charge in [-0.1, -0.05) is 0 Å². The molecule has 4 aliphatic rings. The molecule has 0 aliphatic heterocycles. The predicted molar refractivity (Wildman–Crippen MR) is 67.2 cm³/mol. The van der Waals surface area contributed by atoms with E-state index < -0.39 is 0 Å². The van der Waals surface area contributed by atoms with Crippen LogP contribution < -0.4 is 5.32 Å². The maximum atomic E-state index is 3.84. The lowest BCUT2D eigenvalue weighted by atomic mass is 9.54. The molecule has 4 saturated carbocycles. The molecule has 0 atom stereocenters. The number of thioether (sulfide) groups is 1. The molecule has 4 bridgehead atoms. The summed E-state index contributed by atoms with van der Waals surface area (Å²) in [5.41, 5.74) is 0. The number of hydrogen-bond acceptors (Lipinski definition) is 2. The fourth-order valence-electron chi connectivity index (χ4n) is 4.59. The van der Waals surface area contributed by atoms with Gasteiger partial charge in [-0.3, -0.25) is 0 Å². The van der Waals surface area contributed by atoms with Crippen molar-refractivity contribution in [2.75, 3.05) is 18.6 Å². The monoisotopic (exact) mass is 225 g/mol. The summed E-state index contributed by atoms with van der Waals surface area (Å²) < 4.78 is 0. The Morgan fingerprint density at radius 2 is 1.60 bits per heavy atom. The molecule has 0 radical (unpaired) electrons. The Morgan fingerprint density at radius 1 is 1.00 bits per heavy atom. The van der Waals surface area contributed by atoms with E-state index in [9.17, 15) is 0 Å². The lowest BCUT2D eigenvalue weighted by molar-refractivity contribution is -0.0128. The van der Waals surface area contributed by atoms with E-state index in [2.05, 4.69) is 11.6 Å². The van der Waals surface area contributed by atoms with E-state index in [1.54, 1.807) is 32.1 Å². The van der Waals surface area contributed by atoms with Crippen LogP contribution in [0.2, 0.25) is 0 Å². The summed E-state index contributed by atoms with van der Waals surface area (Å²) in [6, 6.07) is 0.893. The van der Waals surface area contributed by atoms with Crippen LogP contribution >= 0.6 is 11.8 Å². The van der Waals surface area contributed by atoms with Crippen LogP contribution in [0.1, 0.15) is 32.1 Å². The Bertz CT molecular complexity index is 201. The van der Waals surface area contributed by atoms with E-state index in [0.29, 0.717) is 0 Å². The van der Waals surface area contributed by atoms with Crippen molar-refractivity contribution in [1.29, 1.82) is 0 Å². The standard InChI is InChI=1S/C13H23NS/c1-15-3-2-14-13-11-5-9-4-10(7-11)8-12(13)6-9/h9-14H,2-8H2,1H3. The third-order valence-corrected chi connectivity index (χ3v) is 5.53. The van der Waals surface area contributed by atoms with Crippen LogP contribution in [0, 0.1) is 23.7 Å². The van der Waals surface area contributed by atoms with Crippen LogP contribution in [0.25, 0.3) is 0 Å². The lowest BCUT2D eigenvalue weighted by Crippen LogP contribution is -2.54. The van der Waals surface area contributed by atoms with Crippen molar-refractivity contribution in [2.45, 2.75) is 38.1 Å². The molecular formula is C13H23NS. The van der Waals surface area contributed by atoms with Crippen molar-refractivity contribution in [3.8, 4) is 0 Å². The second-order valence-electron chi connectivity index (χ2n) is 5.90. The summed E-state index contributed by atoms with van der Waals surface area (Å²) in [4.78, 5) is 0. The van der Waals surface area contributed by atoms with Gasteiger partial charge in [0, 0.05) is 18.3 Å². The minimum absolute atomic E-state index is 0.893. The molecule has 15 heavy (non-hydrogen) atoms. The molecule has 2 heteroatoms. The van der Waals surface area contributed by atoms with Gasteiger partial charge in [-0.15, -0.1) is 0 Å². The smallest absolute Gasteiger partial charge is 0.0124 e. The maximum absolute atomic E-state index is 3.84. The van der Waals surface area contributed by atoms with Crippen LogP contribution in [-0.2, 0) is 0 Å². The number of rotatable bonds is 4. The highest BCUT2D eigenvalue weighted by Gasteiger charge is 2.47. The van der Waals surface area contributed by atoms with Crippen molar-refractivity contribution in [2.24, 2.45) is 23.7 Å². The topological polar surface area (TPSA) is 12.0 Å². The summed E-state index contributed by atoms with van der Waals surface area (Å²) in [5.74, 6) is 5.60. The van der Waals surface area contributed by atoms with Crippen molar-refractivity contribution >= 4 is 11.8 Å². The second kappa shape index (κ2) is 4.29. The Balaban J connectivity index is 1.60. The van der Waals surface area contributed by atoms with E-state index in [-0.39, 0.29) is 0 Å². The van der Waals surface area contributed by atoms with Gasteiger partial charge >= 0.3 is 0 Å². The van der Waals surface area contributed by atoms with E-state index in [0.717, 1.165) is 29.7 Å².